The fourth-order valence-corrected chi connectivity index (χ4v) is 3.43. The van der Waals surface area contributed by atoms with Gasteiger partial charge in [0.2, 0.25) is 0 Å². The first-order chi connectivity index (χ1) is 10.5. The van der Waals surface area contributed by atoms with Gasteiger partial charge in [-0.25, -0.2) is 15.1 Å². The van der Waals surface area contributed by atoms with Crippen LogP contribution in [0.5, 0.6) is 0 Å². The molecule has 3 atom stereocenters. The smallest absolute Gasteiger partial charge is 0.382 e. The van der Waals surface area contributed by atoms with Gasteiger partial charge in [-0.2, -0.15) is 0 Å². The molecule has 1 aromatic heterocycles. The van der Waals surface area contributed by atoms with Crippen molar-refractivity contribution in [2.24, 2.45) is 5.90 Å². The molecule has 1 heterocycles. The number of pyridine rings is 1. The Bertz CT molecular complexity index is 474. The van der Waals surface area contributed by atoms with E-state index in [1.807, 2.05) is 13.8 Å². The van der Waals surface area contributed by atoms with Crippen molar-refractivity contribution in [3.63, 3.8) is 0 Å². The zero-order chi connectivity index (χ0) is 17.1. The summed E-state index contributed by atoms with van der Waals surface area (Å²) in [5, 5.41) is -2.04. The molecule has 1 rings (SSSR count). The fraction of sp³-hybridized carbons (Fsp3) is 0.583. The number of aromatic nitrogens is 1. The van der Waals surface area contributed by atoms with Gasteiger partial charge in [0.25, 0.3) is 0 Å². The molecule has 0 aliphatic carbocycles. The molecule has 0 amide bonds. The molecule has 0 saturated carbocycles. The third-order valence-corrected chi connectivity index (χ3v) is 5.69. The molecular formula is C12H23N2O6P2+. The Hall–Kier alpha value is -0.720. The highest BCUT2D eigenvalue weighted by Crippen LogP contribution is 2.65. The third-order valence-electron chi connectivity index (χ3n) is 2.45. The van der Waals surface area contributed by atoms with Crippen LogP contribution in [0.4, 0.5) is 0 Å². The number of hydrogen-bond acceptors (Lipinski definition) is 7. The zero-order valence-electron chi connectivity index (χ0n) is 12.9. The maximum absolute atomic E-state index is 11.9. The minimum absolute atomic E-state index is 0.0338. The van der Waals surface area contributed by atoms with Crippen LogP contribution in [0.25, 0.3) is 0 Å². The molecule has 126 valence electrons. The fourth-order valence-electron chi connectivity index (χ4n) is 1.49. The average molecular weight is 353 g/mol. The van der Waals surface area contributed by atoms with Gasteiger partial charge in [-0.15, -0.1) is 0 Å². The van der Waals surface area contributed by atoms with Crippen LogP contribution in [0.3, 0.4) is 0 Å². The second-order valence-corrected chi connectivity index (χ2v) is 7.01. The summed E-state index contributed by atoms with van der Waals surface area (Å²) in [5.41, 5.74) is 0.0338. The van der Waals surface area contributed by atoms with Gasteiger partial charge in [-0.05, 0) is 32.9 Å². The first-order valence-electron chi connectivity index (χ1n) is 6.69. The van der Waals surface area contributed by atoms with Crippen LogP contribution in [0.1, 0.15) is 26.5 Å². The minimum atomic E-state index is -4.46. The van der Waals surface area contributed by atoms with Gasteiger partial charge in [0, 0.05) is 19.4 Å². The number of nitrogens with zero attached hydrogens (tertiary/aromatic N) is 1. The highest BCUT2D eigenvalue weighted by Gasteiger charge is 2.62. The molecule has 10 heteroatoms. The normalized spacial score (nSPS) is 16.2. The van der Waals surface area contributed by atoms with Gasteiger partial charge in [-0.3, -0.25) is 4.98 Å². The maximum Gasteiger partial charge on any atom is 0.432 e. The Morgan fingerprint density at radius 2 is 1.95 bits per heavy atom. The van der Waals surface area contributed by atoms with Crippen LogP contribution in [-0.2, 0) is 28.3 Å². The molecule has 0 radical (unpaired) electrons. The molecule has 1 aromatic rings. The summed E-state index contributed by atoms with van der Waals surface area (Å²) in [6.45, 7) is 7.31. The van der Waals surface area contributed by atoms with Crippen LogP contribution < -0.4 is 5.90 Å². The van der Waals surface area contributed by atoms with E-state index in [0.717, 1.165) is 13.2 Å². The number of hydrogen-bond donors (Lipinski definition) is 2. The largest absolute Gasteiger partial charge is 0.432 e. The van der Waals surface area contributed by atoms with E-state index in [4.69, 9.17) is 15.4 Å². The van der Waals surface area contributed by atoms with Crippen LogP contribution >= 0.6 is 16.1 Å². The second-order valence-electron chi connectivity index (χ2n) is 3.80. The zero-order valence-corrected chi connectivity index (χ0v) is 14.8. The summed E-state index contributed by atoms with van der Waals surface area (Å²) < 4.78 is 37.2. The van der Waals surface area contributed by atoms with Crippen LogP contribution in [-0.4, -0.2) is 29.7 Å². The molecule has 0 aromatic carbocycles. The monoisotopic (exact) mass is 353 g/mol. The molecular weight excluding hydrogens is 330 g/mol. The average Bonchev–Trinajstić information content (AvgIpc) is 2.54. The molecule has 3 N–H and O–H groups in total. The third kappa shape index (κ3) is 5.48. The van der Waals surface area contributed by atoms with Crippen molar-refractivity contribution >= 4 is 16.1 Å². The van der Waals surface area contributed by atoms with Crippen LogP contribution in [0.15, 0.2) is 24.4 Å². The Morgan fingerprint density at radius 1 is 1.32 bits per heavy atom. The highest BCUT2D eigenvalue weighted by atomic mass is 31.2. The van der Waals surface area contributed by atoms with Gasteiger partial charge in [0.05, 0.1) is 6.61 Å². The topological polar surface area (TPSA) is 121 Å². The summed E-state index contributed by atoms with van der Waals surface area (Å²) in [6, 6.07) is 4.61. The maximum atomic E-state index is 11.9. The SMILES string of the molecule is CCOC([PH+]=O)(c1ccccn1)P(=O)(O)ON.CCOCC. The molecule has 0 bridgehead atoms. The highest BCUT2D eigenvalue weighted by molar-refractivity contribution is 7.63. The minimum Gasteiger partial charge on any atom is -0.382 e. The van der Waals surface area contributed by atoms with Crippen LogP contribution in [0, 0.1) is 0 Å². The summed E-state index contributed by atoms with van der Waals surface area (Å²) in [7, 11) is -5.75. The Labute approximate surface area is 131 Å². The van der Waals surface area contributed by atoms with Crippen molar-refractivity contribution in [3.8, 4) is 0 Å². The van der Waals surface area contributed by atoms with Crippen molar-refractivity contribution in [1.82, 2.24) is 4.98 Å². The van der Waals surface area contributed by atoms with Crippen molar-refractivity contribution < 1.29 is 28.1 Å². The quantitative estimate of drug-likeness (QED) is 0.540. The molecule has 22 heavy (non-hydrogen) atoms. The van der Waals surface area contributed by atoms with E-state index >= 15 is 0 Å². The van der Waals surface area contributed by atoms with E-state index in [2.05, 4.69) is 9.61 Å². The van der Waals surface area contributed by atoms with Gasteiger partial charge < -0.3 is 14.4 Å². The van der Waals surface area contributed by atoms with Crippen molar-refractivity contribution in [2.75, 3.05) is 19.8 Å². The van der Waals surface area contributed by atoms with E-state index in [0.29, 0.717) is 0 Å². The van der Waals surface area contributed by atoms with E-state index in [1.165, 1.54) is 12.3 Å². The molecule has 0 aliphatic heterocycles. The second kappa shape index (κ2) is 10.9. The summed E-state index contributed by atoms with van der Waals surface area (Å²) in [4.78, 5) is 13.5. The van der Waals surface area contributed by atoms with Gasteiger partial charge in [0.1, 0.15) is 5.69 Å². The lowest BCUT2D eigenvalue weighted by Gasteiger charge is -2.22. The molecule has 0 spiro atoms. The lowest BCUT2D eigenvalue weighted by atomic mass is 10.3. The molecule has 0 aliphatic rings. The summed E-state index contributed by atoms with van der Waals surface area (Å²) in [5.74, 6) is 4.78. The number of ether oxygens (including phenoxy) is 2. The predicted octanol–water partition coefficient (Wildman–Crippen LogP) is 2.37. The molecule has 8 nitrogen and oxygen atoms in total. The molecule has 3 unspecified atom stereocenters. The lowest BCUT2D eigenvalue weighted by molar-refractivity contribution is 0.0549. The number of nitrogens with two attached hydrogens (primary N) is 1. The van der Waals surface area contributed by atoms with Gasteiger partial charge >= 0.3 is 21.1 Å². The predicted molar refractivity (Wildman–Crippen MR) is 83.8 cm³/mol. The van der Waals surface area contributed by atoms with Crippen LogP contribution in [0.2, 0.25) is 0 Å². The molecule has 0 fully saturated rings. The first-order valence-corrected chi connectivity index (χ1v) is 9.18. The van der Waals surface area contributed by atoms with E-state index in [-0.39, 0.29) is 12.3 Å². The van der Waals surface area contributed by atoms with E-state index < -0.39 is 21.1 Å². The number of rotatable bonds is 8. The summed E-state index contributed by atoms with van der Waals surface area (Å²) >= 11 is 0. The first kappa shape index (κ1) is 21.3. The van der Waals surface area contributed by atoms with Crippen molar-refractivity contribution in [1.29, 1.82) is 0 Å². The van der Waals surface area contributed by atoms with E-state index in [1.54, 1.807) is 19.1 Å². The standard InChI is InChI=1S/C8H12N2O5P2.C4H10O/c1-2-14-8(16-11,17(12,13)15-9)7-5-3-4-6-10-7;1-3-5-4-2/h3-6H,2,9H2,1H3,(H,12,13);3-4H2,1-2H3/p+1. The lowest BCUT2D eigenvalue weighted by Crippen LogP contribution is -2.27. The Balaban J connectivity index is 0.000000763. The Morgan fingerprint density at radius 3 is 2.27 bits per heavy atom. The van der Waals surface area contributed by atoms with Gasteiger partial charge in [-0.1, -0.05) is 10.6 Å². The Kier molecular flexibility index (Phi) is 10.6. The summed E-state index contributed by atoms with van der Waals surface area (Å²) in [6.07, 6.45) is 1.39. The van der Waals surface area contributed by atoms with Crippen molar-refractivity contribution in [3.05, 3.63) is 30.1 Å². The van der Waals surface area contributed by atoms with E-state index in [9.17, 15) is 14.0 Å². The molecule has 0 saturated heterocycles. The van der Waals surface area contributed by atoms with Crippen molar-refractivity contribution in [2.45, 2.75) is 25.9 Å². The van der Waals surface area contributed by atoms with Gasteiger partial charge in [0.15, 0.2) is 0 Å².